The number of hydrogen-bond acceptors (Lipinski definition) is 7. The number of nitrogens with zero attached hydrogens (tertiary/aromatic N) is 7. The van der Waals surface area contributed by atoms with Crippen molar-refractivity contribution in [1.29, 1.82) is 0 Å². The maximum atomic E-state index is 13.1. The van der Waals surface area contributed by atoms with Crippen molar-refractivity contribution < 1.29 is 4.79 Å². The first-order valence-corrected chi connectivity index (χ1v) is 12.5. The van der Waals surface area contributed by atoms with Crippen LogP contribution in [0.3, 0.4) is 0 Å². The first-order chi connectivity index (χ1) is 17.2. The van der Waals surface area contributed by atoms with Gasteiger partial charge in [-0.15, -0.1) is 10.2 Å². The number of benzene rings is 1. The van der Waals surface area contributed by atoms with Gasteiger partial charge in [0.2, 0.25) is 11.6 Å². The fourth-order valence-corrected chi connectivity index (χ4v) is 4.71. The minimum Gasteiger partial charge on any atom is -0.290 e. The van der Waals surface area contributed by atoms with Gasteiger partial charge in [0.05, 0.1) is 5.69 Å². The van der Waals surface area contributed by atoms with Crippen LogP contribution < -0.4 is 0 Å². The van der Waals surface area contributed by atoms with Crippen molar-refractivity contribution >= 4 is 5.78 Å². The summed E-state index contributed by atoms with van der Waals surface area (Å²) >= 11 is 0. The quantitative estimate of drug-likeness (QED) is 0.353. The van der Waals surface area contributed by atoms with Gasteiger partial charge in [0.15, 0.2) is 5.82 Å². The summed E-state index contributed by atoms with van der Waals surface area (Å²) in [5.74, 6) is 2.00. The second-order valence-corrected chi connectivity index (χ2v) is 9.15. The number of aromatic amines is 1. The van der Waals surface area contributed by atoms with Crippen LogP contribution in [0.2, 0.25) is 0 Å². The minimum absolute atomic E-state index is 0.0741. The van der Waals surface area contributed by atoms with E-state index in [4.69, 9.17) is 4.98 Å². The molecule has 1 saturated carbocycles. The molecule has 3 aromatic heterocycles. The van der Waals surface area contributed by atoms with Gasteiger partial charge in [0.1, 0.15) is 5.82 Å². The average Bonchev–Trinajstić information content (AvgIpc) is 3.59. The fraction of sp³-hybridized carbons (Fsp3) is 0.423. The molecule has 0 atom stereocenters. The average molecular weight is 471 g/mol. The summed E-state index contributed by atoms with van der Waals surface area (Å²) in [5.41, 5.74) is 3.73. The van der Waals surface area contributed by atoms with Crippen molar-refractivity contribution in [1.82, 2.24) is 40.4 Å². The first-order valence-electron chi connectivity index (χ1n) is 12.5. The zero-order valence-corrected chi connectivity index (χ0v) is 20.0. The van der Waals surface area contributed by atoms with E-state index in [1.165, 1.54) is 6.42 Å². The second kappa shape index (κ2) is 10.7. The zero-order valence-electron chi connectivity index (χ0n) is 20.0. The lowest BCUT2D eigenvalue weighted by molar-refractivity contribution is 0.0878. The van der Waals surface area contributed by atoms with Gasteiger partial charge in [-0.05, 0) is 47.4 Å². The van der Waals surface area contributed by atoms with E-state index in [2.05, 4.69) is 49.8 Å². The number of aromatic nitrogens is 8. The Balaban J connectivity index is 1.37. The molecule has 4 aromatic rings. The van der Waals surface area contributed by atoms with E-state index in [0.717, 1.165) is 73.3 Å². The number of Topliss-reactive ketones (excluding diaryl/α,β-unsaturated/α-hetero) is 1. The molecule has 0 bridgehead atoms. The third-order valence-electron chi connectivity index (χ3n) is 6.67. The summed E-state index contributed by atoms with van der Waals surface area (Å²) in [6.07, 6.45) is 9.83. The summed E-state index contributed by atoms with van der Waals surface area (Å²) in [4.78, 5) is 22.3. The number of carbonyl (C=O) groups is 1. The Morgan fingerprint density at radius 2 is 1.94 bits per heavy atom. The zero-order chi connectivity index (χ0) is 24.0. The molecular formula is C26H30N8O. The number of pyridine rings is 1. The van der Waals surface area contributed by atoms with Crippen molar-refractivity contribution in [2.45, 2.75) is 64.8 Å². The lowest BCUT2D eigenvalue weighted by Gasteiger charge is -2.18. The van der Waals surface area contributed by atoms with Crippen LogP contribution in [-0.4, -0.2) is 46.2 Å². The van der Waals surface area contributed by atoms with Crippen LogP contribution in [0.25, 0.3) is 22.6 Å². The van der Waals surface area contributed by atoms with E-state index in [-0.39, 0.29) is 11.7 Å². The van der Waals surface area contributed by atoms with Gasteiger partial charge >= 0.3 is 0 Å². The summed E-state index contributed by atoms with van der Waals surface area (Å²) in [6, 6.07) is 12.1. The van der Waals surface area contributed by atoms with Crippen LogP contribution in [0.1, 0.15) is 73.9 Å². The Bertz CT molecular complexity index is 1260. The van der Waals surface area contributed by atoms with Gasteiger partial charge in [-0.1, -0.05) is 56.9 Å². The Kier molecular flexibility index (Phi) is 7.02. The van der Waals surface area contributed by atoms with E-state index >= 15 is 0 Å². The van der Waals surface area contributed by atoms with Crippen molar-refractivity contribution in [2.75, 3.05) is 0 Å². The molecule has 0 saturated heterocycles. The van der Waals surface area contributed by atoms with Crippen molar-refractivity contribution in [3.8, 4) is 22.6 Å². The topological polar surface area (TPSA) is 115 Å². The van der Waals surface area contributed by atoms with Gasteiger partial charge in [-0.2, -0.15) is 0 Å². The fourth-order valence-electron chi connectivity index (χ4n) is 4.71. The number of hydrogen-bond donors (Lipinski definition) is 1. The number of nitrogens with one attached hydrogen (secondary N) is 1. The molecule has 0 spiro atoms. The highest BCUT2D eigenvalue weighted by molar-refractivity contribution is 5.94. The van der Waals surface area contributed by atoms with E-state index in [9.17, 15) is 4.79 Å². The van der Waals surface area contributed by atoms with Gasteiger partial charge in [-0.3, -0.25) is 9.78 Å². The number of carbonyl (C=O) groups excluding carboxylic acids is 1. The van der Waals surface area contributed by atoms with Crippen LogP contribution in [0.4, 0.5) is 0 Å². The Labute approximate surface area is 204 Å². The normalized spacial score (nSPS) is 14.3. The second-order valence-electron chi connectivity index (χ2n) is 9.15. The SMILES string of the molecule is CCCCn1nc(C(=O)C2CCCCC2)nc1Cc1ccc(-c2ncccc2-c2nnn[nH]2)cc1. The minimum atomic E-state index is 0.0741. The maximum absolute atomic E-state index is 13.1. The summed E-state index contributed by atoms with van der Waals surface area (Å²) in [7, 11) is 0. The summed E-state index contributed by atoms with van der Waals surface area (Å²) < 4.78 is 1.93. The molecule has 35 heavy (non-hydrogen) atoms. The Morgan fingerprint density at radius 1 is 1.11 bits per heavy atom. The third-order valence-corrected chi connectivity index (χ3v) is 6.67. The van der Waals surface area contributed by atoms with E-state index in [0.29, 0.717) is 18.1 Å². The first kappa shape index (κ1) is 23.0. The van der Waals surface area contributed by atoms with Crippen molar-refractivity contribution in [2.24, 2.45) is 5.92 Å². The van der Waals surface area contributed by atoms with Gasteiger partial charge in [0.25, 0.3) is 0 Å². The summed E-state index contributed by atoms with van der Waals surface area (Å²) in [6.45, 7) is 2.93. The number of unbranched alkanes of at least 4 members (excludes halogenated alkanes) is 1. The molecule has 1 N–H and O–H groups in total. The number of ketones is 1. The molecule has 5 rings (SSSR count). The molecule has 9 nitrogen and oxygen atoms in total. The predicted octanol–water partition coefficient (Wildman–Crippen LogP) is 4.67. The lowest BCUT2D eigenvalue weighted by Crippen LogP contribution is -2.19. The molecule has 9 heteroatoms. The van der Waals surface area contributed by atoms with E-state index in [1.54, 1.807) is 6.20 Å². The number of tetrazole rings is 1. The molecule has 180 valence electrons. The smallest absolute Gasteiger partial charge is 0.217 e. The van der Waals surface area contributed by atoms with Crippen LogP contribution in [0.15, 0.2) is 42.6 Å². The summed E-state index contributed by atoms with van der Waals surface area (Å²) in [5, 5.41) is 18.8. The highest BCUT2D eigenvalue weighted by Crippen LogP contribution is 2.28. The molecule has 0 unspecified atom stereocenters. The van der Waals surface area contributed by atoms with Gasteiger partial charge < -0.3 is 0 Å². The van der Waals surface area contributed by atoms with Gasteiger partial charge in [0, 0.05) is 36.2 Å². The molecule has 1 aliphatic carbocycles. The van der Waals surface area contributed by atoms with Crippen molar-refractivity contribution in [3.05, 3.63) is 59.8 Å². The van der Waals surface area contributed by atoms with Crippen LogP contribution in [-0.2, 0) is 13.0 Å². The third kappa shape index (κ3) is 5.18. The van der Waals surface area contributed by atoms with Gasteiger partial charge in [-0.25, -0.2) is 14.8 Å². The standard InChI is InChI=1S/C26H30N8O/c1-2-3-16-34-22(28-26(31-34)24(35)20-8-5-4-6-9-20)17-18-11-13-19(14-12-18)23-21(10-7-15-27-23)25-29-32-33-30-25/h7,10-15,20H,2-6,8-9,16-17H2,1H3,(H,29,30,32,33). The monoisotopic (exact) mass is 470 g/mol. The molecule has 1 aliphatic rings. The van der Waals surface area contributed by atoms with Crippen LogP contribution in [0.5, 0.6) is 0 Å². The van der Waals surface area contributed by atoms with Crippen molar-refractivity contribution in [3.63, 3.8) is 0 Å². The number of H-pyrrole nitrogens is 1. The molecule has 0 aliphatic heterocycles. The molecule has 0 radical (unpaired) electrons. The number of rotatable bonds is 9. The maximum Gasteiger partial charge on any atom is 0.217 e. The van der Waals surface area contributed by atoms with E-state index in [1.807, 2.05) is 28.9 Å². The molecular weight excluding hydrogens is 440 g/mol. The highest BCUT2D eigenvalue weighted by Gasteiger charge is 2.26. The van der Waals surface area contributed by atoms with Crippen LogP contribution in [0, 0.1) is 5.92 Å². The molecule has 3 heterocycles. The number of aryl methyl sites for hydroxylation is 1. The molecule has 1 aromatic carbocycles. The largest absolute Gasteiger partial charge is 0.290 e. The molecule has 0 amide bonds. The van der Waals surface area contributed by atoms with Crippen LogP contribution >= 0.6 is 0 Å². The Hall–Kier alpha value is -3.75. The highest BCUT2D eigenvalue weighted by atomic mass is 16.1. The lowest BCUT2D eigenvalue weighted by atomic mass is 9.86. The molecule has 1 fully saturated rings. The predicted molar refractivity (Wildman–Crippen MR) is 131 cm³/mol. The Morgan fingerprint density at radius 3 is 2.69 bits per heavy atom. The van der Waals surface area contributed by atoms with E-state index < -0.39 is 0 Å².